The van der Waals surface area contributed by atoms with Gasteiger partial charge in [-0.2, -0.15) is 0 Å². The van der Waals surface area contributed by atoms with Gasteiger partial charge in [-0.25, -0.2) is 4.79 Å². The van der Waals surface area contributed by atoms with Crippen molar-refractivity contribution >= 4 is 34.9 Å². The van der Waals surface area contributed by atoms with E-state index in [2.05, 4.69) is 10.2 Å². The van der Waals surface area contributed by atoms with Gasteiger partial charge in [0.2, 0.25) is 0 Å². The highest BCUT2D eigenvalue weighted by atomic mass is 35.5. The molecule has 3 aromatic carbocycles. The van der Waals surface area contributed by atoms with Gasteiger partial charge in [-0.1, -0.05) is 35.9 Å². The number of amides is 3. The number of hydrogen-bond acceptors (Lipinski definition) is 5. The average Bonchev–Trinajstić information content (AvgIpc) is 2.93. The Morgan fingerprint density at radius 2 is 1.79 bits per heavy atom. The third-order valence-electron chi connectivity index (χ3n) is 7.65. The molecule has 1 N–H and O–H groups in total. The first kappa shape index (κ1) is 25.4. The Labute approximate surface area is 233 Å². The number of ether oxygens (including phenoxy) is 2. The van der Waals surface area contributed by atoms with Crippen molar-refractivity contribution in [3.05, 3.63) is 82.9 Å². The van der Waals surface area contributed by atoms with Crippen LogP contribution < -0.4 is 24.6 Å². The summed E-state index contributed by atoms with van der Waals surface area (Å²) in [5, 5.41) is 3.82. The Bertz CT molecular complexity index is 1420. The van der Waals surface area contributed by atoms with Crippen LogP contribution in [-0.4, -0.2) is 55.3 Å². The number of carbonyl (C=O) groups excluding carboxylic acids is 2. The standard InChI is InChI=1S/C30H31ClN4O4/c1-3-38-26-12-6-11-24-25-19-30(2,39-27(24)26)35(29(37)32-25)23-10-4-7-20(17-23)28(36)34-15-13-33(14-16-34)22-9-5-8-21(31)18-22/h4-12,17-18,25H,3,13-16,19H2,1-2H3,(H,32,37)/t25-,30+/m1/s1. The number of piperazine rings is 1. The van der Waals surface area contributed by atoms with E-state index in [1.807, 2.05) is 73.3 Å². The summed E-state index contributed by atoms with van der Waals surface area (Å²) in [6.07, 6.45) is 0.560. The van der Waals surface area contributed by atoms with E-state index in [1.165, 1.54) is 0 Å². The highest BCUT2D eigenvalue weighted by Crippen LogP contribution is 2.49. The monoisotopic (exact) mass is 546 g/mol. The van der Waals surface area contributed by atoms with Gasteiger partial charge in [-0.05, 0) is 56.3 Å². The molecule has 3 aliphatic heterocycles. The van der Waals surface area contributed by atoms with E-state index in [9.17, 15) is 9.59 Å². The van der Waals surface area contributed by atoms with Gasteiger partial charge in [0, 0.05) is 54.4 Å². The Morgan fingerprint density at radius 3 is 2.56 bits per heavy atom. The molecule has 9 heteroatoms. The number of fused-ring (bicyclic) bond motifs is 4. The van der Waals surface area contributed by atoms with E-state index in [4.69, 9.17) is 21.1 Å². The second-order valence-corrected chi connectivity index (χ2v) is 10.7. The number of anilines is 2. The fourth-order valence-electron chi connectivity index (χ4n) is 5.82. The molecule has 0 aromatic heterocycles. The summed E-state index contributed by atoms with van der Waals surface area (Å²) in [5.41, 5.74) is 2.16. The molecule has 202 valence electrons. The van der Waals surface area contributed by atoms with Crippen molar-refractivity contribution in [1.29, 1.82) is 0 Å². The predicted molar refractivity (Wildman–Crippen MR) is 151 cm³/mol. The Balaban J connectivity index is 1.22. The van der Waals surface area contributed by atoms with Crippen LogP contribution in [0.25, 0.3) is 0 Å². The molecule has 0 spiro atoms. The van der Waals surface area contributed by atoms with Gasteiger partial charge in [-0.3, -0.25) is 9.69 Å². The lowest BCUT2D eigenvalue weighted by Crippen LogP contribution is -2.65. The van der Waals surface area contributed by atoms with Gasteiger partial charge < -0.3 is 24.6 Å². The Morgan fingerprint density at radius 1 is 1.05 bits per heavy atom. The zero-order valence-electron chi connectivity index (χ0n) is 22.0. The third kappa shape index (κ3) is 4.63. The molecule has 0 saturated carbocycles. The van der Waals surface area contributed by atoms with Crippen LogP contribution >= 0.6 is 11.6 Å². The molecule has 8 nitrogen and oxygen atoms in total. The van der Waals surface area contributed by atoms with Crippen LogP contribution in [0.4, 0.5) is 16.2 Å². The summed E-state index contributed by atoms with van der Waals surface area (Å²) >= 11 is 6.16. The lowest BCUT2D eigenvalue weighted by Gasteiger charge is -2.50. The molecule has 3 heterocycles. The van der Waals surface area contributed by atoms with E-state index in [1.54, 1.807) is 17.0 Å². The SMILES string of the molecule is CCOc1cccc2c1O[C@@]1(C)C[C@H]2NC(=O)N1c1cccc(C(=O)N2CCN(c3cccc(Cl)c3)CC2)c1. The molecule has 2 saturated heterocycles. The van der Waals surface area contributed by atoms with Crippen molar-refractivity contribution in [3.8, 4) is 11.5 Å². The molecule has 3 aromatic rings. The van der Waals surface area contributed by atoms with Crippen LogP contribution in [-0.2, 0) is 0 Å². The minimum Gasteiger partial charge on any atom is -0.490 e. The Kier molecular flexibility index (Phi) is 6.51. The van der Waals surface area contributed by atoms with Crippen LogP contribution in [0.3, 0.4) is 0 Å². The predicted octanol–water partition coefficient (Wildman–Crippen LogP) is 5.47. The van der Waals surface area contributed by atoms with Crippen LogP contribution in [0.15, 0.2) is 66.7 Å². The van der Waals surface area contributed by atoms with E-state index >= 15 is 0 Å². The molecule has 3 aliphatic rings. The fraction of sp³-hybridized carbons (Fsp3) is 0.333. The first-order valence-electron chi connectivity index (χ1n) is 13.3. The topological polar surface area (TPSA) is 74.3 Å². The zero-order valence-corrected chi connectivity index (χ0v) is 22.8. The van der Waals surface area contributed by atoms with Crippen LogP contribution in [0.5, 0.6) is 11.5 Å². The molecular formula is C30H31ClN4O4. The maximum atomic E-state index is 13.5. The van der Waals surface area contributed by atoms with E-state index < -0.39 is 5.72 Å². The van der Waals surface area contributed by atoms with Gasteiger partial charge in [-0.15, -0.1) is 0 Å². The van der Waals surface area contributed by atoms with Gasteiger partial charge in [0.05, 0.1) is 18.3 Å². The molecule has 2 atom stereocenters. The average molecular weight is 547 g/mol. The molecular weight excluding hydrogens is 516 g/mol. The maximum absolute atomic E-state index is 13.5. The van der Waals surface area contributed by atoms with Crippen molar-refractivity contribution in [2.24, 2.45) is 0 Å². The summed E-state index contributed by atoms with van der Waals surface area (Å²) in [6, 6.07) is 20.3. The first-order valence-corrected chi connectivity index (χ1v) is 13.7. The summed E-state index contributed by atoms with van der Waals surface area (Å²) in [4.78, 5) is 32.6. The number of nitrogens with zero attached hydrogens (tertiary/aromatic N) is 3. The van der Waals surface area contributed by atoms with Gasteiger partial charge in [0.1, 0.15) is 0 Å². The number of nitrogens with one attached hydrogen (secondary N) is 1. The number of carbonyl (C=O) groups is 2. The summed E-state index contributed by atoms with van der Waals surface area (Å²) in [6.45, 7) is 6.98. The largest absolute Gasteiger partial charge is 0.490 e. The highest BCUT2D eigenvalue weighted by molar-refractivity contribution is 6.30. The van der Waals surface area contributed by atoms with Gasteiger partial charge in [0.25, 0.3) is 5.91 Å². The number of benzene rings is 3. The number of halogens is 1. The summed E-state index contributed by atoms with van der Waals surface area (Å²) < 4.78 is 12.3. The number of hydrogen-bond donors (Lipinski definition) is 1. The molecule has 0 radical (unpaired) electrons. The minimum absolute atomic E-state index is 0.0587. The smallest absolute Gasteiger partial charge is 0.325 e. The van der Waals surface area contributed by atoms with Crippen molar-refractivity contribution in [2.45, 2.75) is 32.0 Å². The molecule has 0 aliphatic carbocycles. The van der Waals surface area contributed by atoms with E-state index in [0.29, 0.717) is 53.9 Å². The van der Waals surface area contributed by atoms with Gasteiger partial charge in [0.15, 0.2) is 17.2 Å². The molecule has 3 amide bonds. The van der Waals surface area contributed by atoms with E-state index in [-0.39, 0.29) is 18.0 Å². The number of rotatable bonds is 5. The van der Waals surface area contributed by atoms with Crippen molar-refractivity contribution in [2.75, 3.05) is 42.6 Å². The lowest BCUT2D eigenvalue weighted by atomic mass is 9.89. The second kappa shape index (κ2) is 10.0. The lowest BCUT2D eigenvalue weighted by molar-refractivity contribution is 0.0343. The second-order valence-electron chi connectivity index (χ2n) is 10.2. The maximum Gasteiger partial charge on any atom is 0.325 e. The number of para-hydroxylation sites is 1. The van der Waals surface area contributed by atoms with E-state index in [0.717, 1.165) is 24.3 Å². The molecule has 2 bridgehead atoms. The summed E-state index contributed by atoms with van der Waals surface area (Å²) in [7, 11) is 0. The minimum atomic E-state index is -0.947. The molecule has 2 fully saturated rings. The van der Waals surface area contributed by atoms with Crippen molar-refractivity contribution < 1.29 is 19.1 Å². The van der Waals surface area contributed by atoms with Crippen molar-refractivity contribution in [1.82, 2.24) is 10.2 Å². The van der Waals surface area contributed by atoms with Crippen LogP contribution in [0, 0.1) is 0 Å². The van der Waals surface area contributed by atoms with Crippen molar-refractivity contribution in [3.63, 3.8) is 0 Å². The van der Waals surface area contributed by atoms with Gasteiger partial charge >= 0.3 is 6.03 Å². The summed E-state index contributed by atoms with van der Waals surface area (Å²) in [5.74, 6) is 1.24. The third-order valence-corrected chi connectivity index (χ3v) is 7.89. The zero-order chi connectivity index (χ0) is 27.1. The Hall–Kier alpha value is -3.91. The molecule has 39 heavy (non-hydrogen) atoms. The quantitative estimate of drug-likeness (QED) is 0.459. The molecule has 0 unspecified atom stereocenters. The normalized spacial score (nSPS) is 22.1. The number of urea groups is 1. The highest BCUT2D eigenvalue weighted by Gasteiger charge is 2.50. The van der Waals surface area contributed by atoms with Crippen LogP contribution in [0.1, 0.15) is 42.2 Å². The van der Waals surface area contributed by atoms with Crippen LogP contribution in [0.2, 0.25) is 5.02 Å². The first-order chi connectivity index (χ1) is 18.9. The molecule has 6 rings (SSSR count). The fourth-order valence-corrected chi connectivity index (χ4v) is 6.01.